The third-order valence-corrected chi connectivity index (χ3v) is 11.4. The van der Waals surface area contributed by atoms with E-state index in [4.69, 9.17) is 58.0 Å². The summed E-state index contributed by atoms with van der Waals surface area (Å²) in [4.78, 5) is 62.2. The van der Waals surface area contributed by atoms with Crippen molar-refractivity contribution in [1.82, 2.24) is 0 Å². The molecule has 0 radical (unpaired) electrons. The van der Waals surface area contributed by atoms with Crippen molar-refractivity contribution in [2.24, 2.45) is 0 Å². The van der Waals surface area contributed by atoms with Crippen LogP contribution in [0.5, 0.6) is 0 Å². The summed E-state index contributed by atoms with van der Waals surface area (Å²) in [6, 6.07) is 0. The van der Waals surface area contributed by atoms with Crippen LogP contribution in [0, 0.1) is 0 Å². The summed E-state index contributed by atoms with van der Waals surface area (Å²) >= 11 is 0. The predicted molar refractivity (Wildman–Crippen MR) is 138 cm³/mol. The molecule has 39 heteroatoms. The maximum absolute atomic E-state index is 10.5. The molecule has 0 heterocycles. The summed E-state index contributed by atoms with van der Waals surface area (Å²) in [7, 11) is -33.1. The van der Waals surface area contributed by atoms with E-state index in [2.05, 4.69) is 0 Å². The van der Waals surface area contributed by atoms with Gasteiger partial charge in [0.25, 0.3) is 60.7 Å². The van der Waals surface area contributed by atoms with Gasteiger partial charge in [0.2, 0.25) is 31.5 Å². The van der Waals surface area contributed by atoms with Crippen LogP contribution >= 0.6 is 0 Å². The van der Waals surface area contributed by atoms with Crippen molar-refractivity contribution >= 4 is 96.5 Å². The average Bonchev–Trinajstić information content (AvgIpc) is 2.73. The normalized spacial score (nSPS) is 15.4. The molecule has 0 aromatic heterocycles. The van der Waals surface area contributed by atoms with Crippen LogP contribution in [0.1, 0.15) is 0 Å². The standard InChI is InChI=1S/3C4H6O10S2.3Zn/c3*5-3(6)1(15(9,10)11)2(4(7)8)16(12,13)14;;;/h3*1-2H,(H,5,6)(H,7,8)(H,9,10,11)(H,12,13,14);;;. The molecule has 0 aliphatic rings. The van der Waals surface area contributed by atoms with Crippen LogP contribution in [-0.2, 0) is 148 Å². The SMILES string of the molecule is O=C(O)C(C(C(=O)O)S(=O)(=O)O)S(=O)(=O)O.O=C(O)C(C(C(=O)O)S(=O)(=O)O)S(=O)(=O)O.O=C(O)C(C(C(=O)O)S(=O)(=O)O)S(=O)(=O)O.[Zn].[Zn].[Zn]. The second-order valence-corrected chi connectivity index (χ2v) is 16.9. The zero-order valence-electron chi connectivity index (χ0n) is 23.7. The molecule has 0 bridgehead atoms. The van der Waals surface area contributed by atoms with Crippen LogP contribution in [0.3, 0.4) is 0 Å². The van der Waals surface area contributed by atoms with E-state index >= 15 is 0 Å². The van der Waals surface area contributed by atoms with Crippen LogP contribution < -0.4 is 0 Å². The molecule has 6 atom stereocenters. The third kappa shape index (κ3) is 20.8. The zero-order valence-corrected chi connectivity index (χ0v) is 37.6. The van der Waals surface area contributed by atoms with E-state index in [9.17, 15) is 79.3 Å². The Labute approximate surface area is 321 Å². The van der Waals surface area contributed by atoms with E-state index in [1.54, 1.807) is 0 Å². The molecule has 0 saturated carbocycles. The van der Waals surface area contributed by atoms with Crippen LogP contribution in [0.15, 0.2) is 0 Å². The molecule has 0 aromatic rings. The van der Waals surface area contributed by atoms with E-state index in [0.29, 0.717) is 0 Å². The van der Waals surface area contributed by atoms with Gasteiger partial charge in [0.15, 0.2) is 0 Å². The molecule has 288 valence electrons. The van der Waals surface area contributed by atoms with Gasteiger partial charge in [0.1, 0.15) is 0 Å². The van der Waals surface area contributed by atoms with E-state index in [1.807, 2.05) is 0 Å². The van der Waals surface area contributed by atoms with Gasteiger partial charge in [-0.25, -0.2) is 0 Å². The number of carboxylic acids is 6. The Bertz CT molecular complexity index is 1590. The fraction of sp³-hybridized carbons (Fsp3) is 0.500. The first-order chi connectivity index (χ1) is 20.7. The van der Waals surface area contributed by atoms with Gasteiger partial charge in [0, 0.05) is 58.4 Å². The number of hydrogen-bond donors (Lipinski definition) is 12. The molecule has 6 unspecified atom stereocenters. The Morgan fingerprint density at radius 3 is 0.333 bits per heavy atom. The molecular weight excluding hydrogens is 1010 g/mol. The third-order valence-electron chi connectivity index (χ3n) is 4.21. The topological polar surface area (TPSA) is 550 Å². The Morgan fingerprint density at radius 1 is 0.255 bits per heavy atom. The summed E-state index contributed by atoms with van der Waals surface area (Å²) < 4.78 is 176. The number of rotatable bonds is 15. The van der Waals surface area contributed by atoms with Crippen LogP contribution in [0.25, 0.3) is 0 Å². The fourth-order valence-corrected chi connectivity index (χ4v) is 9.11. The van der Waals surface area contributed by atoms with E-state index in [0.717, 1.165) is 0 Å². The van der Waals surface area contributed by atoms with Crippen molar-refractivity contribution in [1.29, 1.82) is 0 Å². The van der Waals surface area contributed by atoms with Gasteiger partial charge in [0.05, 0.1) is 0 Å². The van der Waals surface area contributed by atoms with E-state index in [1.165, 1.54) is 0 Å². The summed E-state index contributed by atoms with van der Waals surface area (Å²) in [5, 5.41) is 30.6. The molecule has 0 aliphatic heterocycles. The van der Waals surface area contributed by atoms with Crippen molar-refractivity contribution in [2.45, 2.75) is 31.5 Å². The number of aliphatic carboxylic acids is 6. The van der Waals surface area contributed by atoms with Gasteiger partial charge in [-0.2, -0.15) is 50.5 Å². The number of carbonyl (C=O) groups is 6. The molecule has 30 nitrogen and oxygen atoms in total. The summed E-state index contributed by atoms with van der Waals surface area (Å²) in [5.41, 5.74) is 0. The molecule has 0 fully saturated rings. The second kappa shape index (κ2) is 21.8. The number of carboxylic acid groups (broad SMARTS) is 6. The van der Waals surface area contributed by atoms with E-state index in [-0.39, 0.29) is 58.4 Å². The van der Waals surface area contributed by atoms with Crippen molar-refractivity contribution in [3.8, 4) is 0 Å². The number of hydrogen-bond acceptors (Lipinski definition) is 18. The minimum Gasteiger partial charge on any atom is -0.480 e. The van der Waals surface area contributed by atoms with Crippen molar-refractivity contribution in [3.05, 3.63) is 0 Å². The van der Waals surface area contributed by atoms with Gasteiger partial charge in [-0.3, -0.25) is 56.1 Å². The second-order valence-electron chi connectivity index (χ2n) is 7.64. The summed E-state index contributed by atoms with van der Waals surface area (Å²) in [6.07, 6.45) is 0. The molecule has 0 saturated heterocycles. The quantitative estimate of drug-likeness (QED) is 0.0536. The Kier molecular flexibility index (Phi) is 26.1. The Morgan fingerprint density at radius 2 is 0.314 bits per heavy atom. The first kappa shape index (κ1) is 61.2. The van der Waals surface area contributed by atoms with E-state index < -0.39 is 128 Å². The summed E-state index contributed by atoms with van der Waals surface area (Å²) in [6.45, 7) is 0. The van der Waals surface area contributed by atoms with Gasteiger partial charge < -0.3 is 30.6 Å². The first-order valence-corrected chi connectivity index (χ1v) is 18.8. The van der Waals surface area contributed by atoms with Gasteiger partial charge >= 0.3 is 35.8 Å². The smallest absolute Gasteiger partial charge is 0.326 e. The maximum Gasteiger partial charge on any atom is 0.326 e. The van der Waals surface area contributed by atoms with Crippen molar-refractivity contribution < 1.29 is 196 Å². The molecule has 0 aliphatic carbocycles. The Hall–Kier alpha value is -1.85. The molecule has 0 rings (SSSR count). The van der Waals surface area contributed by atoms with Crippen LogP contribution in [0.2, 0.25) is 0 Å². The molecule has 0 spiro atoms. The summed E-state index contributed by atoms with van der Waals surface area (Å²) in [5.74, 6) is -14.5. The van der Waals surface area contributed by atoms with Gasteiger partial charge in [-0.1, -0.05) is 0 Å². The largest absolute Gasteiger partial charge is 0.480 e. The van der Waals surface area contributed by atoms with Gasteiger partial charge in [-0.05, 0) is 0 Å². The molecule has 0 amide bonds. The molecular formula is C12H18O30S6Zn3. The van der Waals surface area contributed by atoms with Crippen molar-refractivity contribution in [3.63, 3.8) is 0 Å². The fourth-order valence-electron chi connectivity index (χ4n) is 2.48. The van der Waals surface area contributed by atoms with Crippen molar-refractivity contribution in [2.75, 3.05) is 0 Å². The van der Waals surface area contributed by atoms with Gasteiger partial charge in [-0.15, -0.1) is 0 Å². The molecule has 0 aromatic carbocycles. The van der Waals surface area contributed by atoms with Crippen LogP contribution in [-0.4, -0.2) is 176 Å². The zero-order chi connectivity index (χ0) is 39.9. The Balaban J connectivity index is -0.000000145. The average molecular weight is 1030 g/mol. The molecule has 12 N–H and O–H groups in total. The molecule has 51 heavy (non-hydrogen) atoms. The predicted octanol–water partition coefficient (Wildman–Crippen LogP) is -7.00. The minimum absolute atomic E-state index is 0. The minimum atomic E-state index is -5.51. The monoisotopic (exact) mass is 1030 g/mol. The maximum atomic E-state index is 10.5. The first-order valence-electron chi connectivity index (χ1n) is 9.81. The van der Waals surface area contributed by atoms with Crippen LogP contribution in [0.4, 0.5) is 0 Å².